The van der Waals surface area contributed by atoms with Gasteiger partial charge in [-0.3, -0.25) is 10.1 Å². The fourth-order valence-corrected chi connectivity index (χ4v) is 2.27. The van der Waals surface area contributed by atoms with Crippen LogP contribution in [-0.2, 0) is 9.53 Å². The van der Waals surface area contributed by atoms with Crippen LogP contribution in [-0.4, -0.2) is 35.9 Å². The highest BCUT2D eigenvalue weighted by Gasteiger charge is 2.36. The maximum absolute atomic E-state index is 11.3. The van der Waals surface area contributed by atoms with Crippen molar-refractivity contribution in [1.29, 1.82) is 0 Å². The van der Waals surface area contributed by atoms with Crippen LogP contribution in [0.25, 0.3) is 0 Å². The summed E-state index contributed by atoms with van der Waals surface area (Å²) in [5, 5.41) is 12.5. The molecule has 0 bridgehead atoms. The third-order valence-corrected chi connectivity index (χ3v) is 3.38. The van der Waals surface area contributed by atoms with Gasteiger partial charge in [0.25, 0.3) is 0 Å². The maximum Gasteiger partial charge on any atom is 0.323 e. The molecule has 94 valence electrons. The van der Waals surface area contributed by atoms with Crippen molar-refractivity contribution < 1.29 is 14.6 Å². The molecule has 1 rings (SSSR count). The zero-order valence-corrected chi connectivity index (χ0v) is 10.3. The van der Waals surface area contributed by atoms with Crippen molar-refractivity contribution in [1.82, 2.24) is 5.32 Å². The maximum atomic E-state index is 11.3. The molecule has 1 heterocycles. The third-order valence-electron chi connectivity index (χ3n) is 3.38. The summed E-state index contributed by atoms with van der Waals surface area (Å²) in [6, 6.07) is 0. The summed E-state index contributed by atoms with van der Waals surface area (Å²) in [4.78, 5) is 11.3. The van der Waals surface area contributed by atoms with Crippen LogP contribution in [0.2, 0.25) is 0 Å². The molecule has 0 spiro atoms. The van der Waals surface area contributed by atoms with E-state index in [1.165, 1.54) is 0 Å². The lowest BCUT2D eigenvalue weighted by atomic mass is 9.90. The lowest BCUT2D eigenvalue weighted by Crippen LogP contribution is -2.53. The average molecular weight is 229 g/mol. The van der Waals surface area contributed by atoms with Gasteiger partial charge >= 0.3 is 5.97 Å². The quantitative estimate of drug-likeness (QED) is 0.698. The van der Waals surface area contributed by atoms with Crippen LogP contribution in [0.15, 0.2) is 0 Å². The number of rotatable bonds is 7. The monoisotopic (exact) mass is 229 g/mol. The number of carboxylic acid groups (broad SMARTS) is 1. The summed E-state index contributed by atoms with van der Waals surface area (Å²) in [6.07, 6.45) is 4.49. The molecule has 16 heavy (non-hydrogen) atoms. The smallest absolute Gasteiger partial charge is 0.323 e. The molecule has 0 amide bonds. The summed E-state index contributed by atoms with van der Waals surface area (Å²) in [5.74, 6) is -0.741. The van der Waals surface area contributed by atoms with Gasteiger partial charge < -0.3 is 9.84 Å². The number of aliphatic carboxylic acids is 1. The predicted molar refractivity (Wildman–Crippen MR) is 62.5 cm³/mol. The van der Waals surface area contributed by atoms with Gasteiger partial charge in [0.05, 0.1) is 6.10 Å². The van der Waals surface area contributed by atoms with E-state index in [2.05, 4.69) is 5.32 Å². The Labute approximate surface area is 97.4 Å². The Balaban J connectivity index is 2.50. The predicted octanol–water partition coefficient (Wildman–Crippen LogP) is 1.79. The highest BCUT2D eigenvalue weighted by atomic mass is 16.5. The van der Waals surface area contributed by atoms with Gasteiger partial charge in [0.15, 0.2) is 0 Å². The molecule has 4 nitrogen and oxygen atoms in total. The third kappa shape index (κ3) is 3.19. The summed E-state index contributed by atoms with van der Waals surface area (Å²) < 4.78 is 5.50. The Bertz CT molecular complexity index is 226. The van der Waals surface area contributed by atoms with Crippen LogP contribution in [0.3, 0.4) is 0 Å². The van der Waals surface area contributed by atoms with E-state index < -0.39 is 11.5 Å². The molecule has 0 saturated carbocycles. The summed E-state index contributed by atoms with van der Waals surface area (Å²) in [7, 11) is 0. The summed E-state index contributed by atoms with van der Waals surface area (Å²) in [5.41, 5.74) is -0.763. The van der Waals surface area contributed by atoms with Crippen LogP contribution in [0.4, 0.5) is 0 Å². The minimum atomic E-state index is -0.763. The zero-order valence-electron chi connectivity index (χ0n) is 10.3. The number of hydrogen-bond acceptors (Lipinski definition) is 3. The van der Waals surface area contributed by atoms with E-state index in [1.807, 2.05) is 13.8 Å². The number of nitrogens with one attached hydrogen (secondary N) is 1. The fraction of sp³-hybridized carbons (Fsp3) is 0.917. The van der Waals surface area contributed by atoms with Crippen molar-refractivity contribution in [2.24, 2.45) is 0 Å². The molecule has 1 aliphatic heterocycles. The molecular weight excluding hydrogens is 206 g/mol. The Hall–Kier alpha value is -0.610. The van der Waals surface area contributed by atoms with Gasteiger partial charge in [-0.05, 0) is 25.7 Å². The lowest BCUT2D eigenvalue weighted by molar-refractivity contribution is -0.145. The average Bonchev–Trinajstić information content (AvgIpc) is 2.76. The van der Waals surface area contributed by atoms with E-state index in [-0.39, 0.29) is 6.10 Å². The van der Waals surface area contributed by atoms with Gasteiger partial charge in [-0.25, -0.2) is 0 Å². The van der Waals surface area contributed by atoms with E-state index in [0.29, 0.717) is 19.4 Å². The second kappa shape index (κ2) is 6.21. The molecule has 1 saturated heterocycles. The minimum Gasteiger partial charge on any atom is -0.480 e. The van der Waals surface area contributed by atoms with Crippen LogP contribution < -0.4 is 5.32 Å². The fourth-order valence-electron chi connectivity index (χ4n) is 2.27. The Morgan fingerprint density at radius 1 is 1.56 bits per heavy atom. The Morgan fingerprint density at radius 2 is 2.31 bits per heavy atom. The van der Waals surface area contributed by atoms with Crippen LogP contribution >= 0.6 is 0 Å². The van der Waals surface area contributed by atoms with Gasteiger partial charge in [0, 0.05) is 13.2 Å². The molecule has 4 heteroatoms. The van der Waals surface area contributed by atoms with Gasteiger partial charge in [0.1, 0.15) is 5.54 Å². The van der Waals surface area contributed by atoms with Gasteiger partial charge in [-0.1, -0.05) is 20.3 Å². The second-order valence-electron chi connectivity index (χ2n) is 4.51. The van der Waals surface area contributed by atoms with E-state index in [0.717, 1.165) is 25.9 Å². The van der Waals surface area contributed by atoms with Crippen molar-refractivity contribution in [3.63, 3.8) is 0 Å². The first kappa shape index (κ1) is 13.5. The Morgan fingerprint density at radius 3 is 2.75 bits per heavy atom. The van der Waals surface area contributed by atoms with E-state index in [1.54, 1.807) is 0 Å². The highest BCUT2D eigenvalue weighted by molar-refractivity contribution is 5.78. The molecule has 0 aromatic heterocycles. The van der Waals surface area contributed by atoms with Crippen molar-refractivity contribution in [2.45, 2.75) is 57.6 Å². The van der Waals surface area contributed by atoms with E-state index in [9.17, 15) is 9.90 Å². The normalized spacial score (nSPS) is 24.2. The van der Waals surface area contributed by atoms with Crippen molar-refractivity contribution >= 4 is 5.97 Å². The number of hydrogen-bond donors (Lipinski definition) is 2. The van der Waals surface area contributed by atoms with Gasteiger partial charge in [-0.15, -0.1) is 0 Å². The topological polar surface area (TPSA) is 58.6 Å². The molecule has 0 aliphatic carbocycles. The van der Waals surface area contributed by atoms with Crippen molar-refractivity contribution in [3.8, 4) is 0 Å². The second-order valence-corrected chi connectivity index (χ2v) is 4.51. The van der Waals surface area contributed by atoms with E-state index in [4.69, 9.17) is 4.74 Å². The molecule has 1 fully saturated rings. The molecule has 2 N–H and O–H groups in total. The zero-order chi connectivity index (χ0) is 12.0. The Kier molecular flexibility index (Phi) is 5.22. The molecular formula is C12H23NO3. The van der Waals surface area contributed by atoms with Gasteiger partial charge in [-0.2, -0.15) is 0 Å². The summed E-state index contributed by atoms with van der Waals surface area (Å²) >= 11 is 0. The lowest BCUT2D eigenvalue weighted by Gasteiger charge is -2.30. The first-order valence-electron chi connectivity index (χ1n) is 6.24. The van der Waals surface area contributed by atoms with Crippen LogP contribution in [0, 0.1) is 0 Å². The molecule has 0 aromatic carbocycles. The standard InChI is InChI=1S/C12H23NO3/c1-3-7-12(4-2,11(14)15)13-9-10-6-5-8-16-10/h10,13H,3-9H2,1-2H3,(H,14,15). The number of ether oxygens (including phenoxy) is 1. The van der Waals surface area contributed by atoms with Gasteiger partial charge in [0.2, 0.25) is 0 Å². The van der Waals surface area contributed by atoms with Crippen molar-refractivity contribution in [2.75, 3.05) is 13.2 Å². The molecule has 0 aromatic rings. The van der Waals surface area contributed by atoms with Crippen LogP contribution in [0.5, 0.6) is 0 Å². The molecule has 1 aliphatic rings. The SMILES string of the molecule is CCCC(CC)(NCC1CCCO1)C(=O)O. The number of carbonyl (C=O) groups is 1. The number of carboxylic acids is 1. The summed E-state index contributed by atoms with van der Waals surface area (Å²) in [6.45, 7) is 5.40. The highest BCUT2D eigenvalue weighted by Crippen LogP contribution is 2.19. The van der Waals surface area contributed by atoms with E-state index >= 15 is 0 Å². The first-order chi connectivity index (χ1) is 7.64. The largest absolute Gasteiger partial charge is 0.480 e. The minimum absolute atomic E-state index is 0.196. The molecule has 0 radical (unpaired) electrons. The first-order valence-corrected chi connectivity index (χ1v) is 6.24. The molecule has 2 unspecified atom stereocenters. The van der Waals surface area contributed by atoms with Crippen LogP contribution in [0.1, 0.15) is 46.0 Å². The van der Waals surface area contributed by atoms with Crippen molar-refractivity contribution in [3.05, 3.63) is 0 Å². The molecule has 2 atom stereocenters.